The van der Waals surface area contributed by atoms with Crippen molar-refractivity contribution in [2.75, 3.05) is 5.32 Å². The first-order chi connectivity index (χ1) is 12.8. The third-order valence-corrected chi connectivity index (χ3v) is 4.74. The van der Waals surface area contributed by atoms with Gasteiger partial charge < -0.3 is 5.32 Å². The van der Waals surface area contributed by atoms with Crippen molar-refractivity contribution in [1.82, 2.24) is 9.55 Å². The molecule has 0 fully saturated rings. The van der Waals surface area contributed by atoms with E-state index in [9.17, 15) is 4.39 Å². The largest absolute Gasteiger partial charge is 0.325 e. The lowest BCUT2D eigenvalue weighted by molar-refractivity contribution is 0.627. The van der Waals surface area contributed by atoms with Gasteiger partial charge in [-0.3, -0.25) is 4.57 Å². The summed E-state index contributed by atoms with van der Waals surface area (Å²) >= 11 is 0. The van der Waals surface area contributed by atoms with Crippen LogP contribution in [0.1, 0.15) is 17.2 Å². The first kappa shape index (κ1) is 14.9. The van der Waals surface area contributed by atoms with Crippen LogP contribution in [0.5, 0.6) is 0 Å². The van der Waals surface area contributed by atoms with Crippen LogP contribution in [0.4, 0.5) is 10.3 Å². The van der Waals surface area contributed by atoms with Gasteiger partial charge in [0.05, 0.1) is 17.1 Å². The van der Waals surface area contributed by atoms with E-state index in [1.54, 1.807) is 12.1 Å². The van der Waals surface area contributed by atoms with E-state index in [0.717, 1.165) is 28.2 Å². The molecular weight excluding hydrogens is 325 g/mol. The van der Waals surface area contributed by atoms with Gasteiger partial charge in [-0.1, -0.05) is 42.5 Å². The molecule has 4 aromatic rings. The topological polar surface area (TPSA) is 29.9 Å². The maximum absolute atomic E-state index is 13.3. The van der Waals surface area contributed by atoms with Crippen LogP contribution in [-0.4, -0.2) is 9.55 Å². The fraction of sp³-hybridized carbons (Fsp3) is 0.0455. The lowest BCUT2D eigenvalue weighted by atomic mass is 10.0. The van der Waals surface area contributed by atoms with Crippen LogP contribution < -0.4 is 5.32 Å². The zero-order chi connectivity index (χ0) is 17.5. The zero-order valence-corrected chi connectivity index (χ0v) is 13.9. The second-order valence-electron chi connectivity index (χ2n) is 6.36. The quantitative estimate of drug-likeness (QED) is 0.541. The van der Waals surface area contributed by atoms with E-state index in [-0.39, 0.29) is 11.9 Å². The van der Waals surface area contributed by atoms with Crippen molar-refractivity contribution in [1.29, 1.82) is 0 Å². The molecule has 2 heterocycles. The lowest BCUT2D eigenvalue weighted by Crippen LogP contribution is -2.19. The van der Waals surface area contributed by atoms with Gasteiger partial charge >= 0.3 is 0 Å². The number of nitrogens with zero attached hydrogens (tertiary/aromatic N) is 2. The number of fused-ring (bicyclic) bond motifs is 3. The van der Waals surface area contributed by atoms with E-state index >= 15 is 0 Å². The number of hydrogen-bond donors (Lipinski definition) is 1. The van der Waals surface area contributed by atoms with Gasteiger partial charge in [-0.2, -0.15) is 0 Å². The van der Waals surface area contributed by atoms with Crippen molar-refractivity contribution in [2.45, 2.75) is 6.04 Å². The Balaban J connectivity index is 1.72. The van der Waals surface area contributed by atoms with Gasteiger partial charge in [0.1, 0.15) is 5.82 Å². The summed E-state index contributed by atoms with van der Waals surface area (Å²) in [7, 11) is 0. The van der Waals surface area contributed by atoms with Gasteiger partial charge in [-0.15, -0.1) is 0 Å². The van der Waals surface area contributed by atoms with Gasteiger partial charge in [0, 0.05) is 5.70 Å². The molecule has 126 valence electrons. The minimum Gasteiger partial charge on any atom is -0.325 e. The molecule has 0 spiro atoms. The van der Waals surface area contributed by atoms with E-state index in [1.165, 1.54) is 17.7 Å². The van der Waals surface area contributed by atoms with Crippen LogP contribution in [0.2, 0.25) is 0 Å². The Morgan fingerprint density at radius 1 is 0.846 bits per heavy atom. The van der Waals surface area contributed by atoms with Gasteiger partial charge in [0.25, 0.3) is 0 Å². The fourth-order valence-electron chi connectivity index (χ4n) is 3.50. The number of para-hydroxylation sites is 2. The van der Waals surface area contributed by atoms with Crippen LogP contribution in [-0.2, 0) is 0 Å². The number of nitrogens with one attached hydrogen (secondary N) is 1. The monoisotopic (exact) mass is 341 g/mol. The predicted octanol–water partition coefficient (Wildman–Crippen LogP) is 5.23. The number of hydrogen-bond acceptors (Lipinski definition) is 2. The highest BCUT2D eigenvalue weighted by molar-refractivity contribution is 5.85. The van der Waals surface area contributed by atoms with Gasteiger partial charge in [-0.25, -0.2) is 9.37 Å². The summed E-state index contributed by atoms with van der Waals surface area (Å²) < 4.78 is 15.5. The van der Waals surface area contributed by atoms with Crippen LogP contribution in [0.25, 0.3) is 16.7 Å². The first-order valence-corrected chi connectivity index (χ1v) is 8.56. The zero-order valence-electron chi connectivity index (χ0n) is 13.9. The normalized spacial score (nSPS) is 16.0. The summed E-state index contributed by atoms with van der Waals surface area (Å²) in [5, 5.41) is 3.41. The molecule has 0 radical (unpaired) electrons. The summed E-state index contributed by atoms with van der Waals surface area (Å²) in [4.78, 5) is 4.76. The van der Waals surface area contributed by atoms with Crippen LogP contribution in [0.15, 0.2) is 84.9 Å². The third-order valence-electron chi connectivity index (χ3n) is 4.74. The Hall–Kier alpha value is -3.40. The fourth-order valence-corrected chi connectivity index (χ4v) is 3.50. The number of allylic oxidation sites excluding steroid dienone is 1. The molecule has 4 heteroatoms. The van der Waals surface area contributed by atoms with Crippen LogP contribution >= 0.6 is 0 Å². The molecule has 26 heavy (non-hydrogen) atoms. The van der Waals surface area contributed by atoms with Crippen molar-refractivity contribution >= 4 is 22.7 Å². The summed E-state index contributed by atoms with van der Waals surface area (Å²) in [6, 6.07) is 25.0. The number of benzene rings is 3. The minimum atomic E-state index is -0.239. The molecular formula is C22H16FN3. The van der Waals surface area contributed by atoms with Crippen molar-refractivity contribution in [3.8, 4) is 0 Å². The maximum Gasteiger partial charge on any atom is 0.209 e. The SMILES string of the molecule is Fc1ccc(C2=C[C@@H](c3ccccc3)n3c(nc4ccccc43)N2)cc1. The predicted molar refractivity (Wildman–Crippen MR) is 102 cm³/mol. The molecule has 0 unspecified atom stereocenters. The number of rotatable bonds is 2. The molecule has 1 aliphatic heterocycles. The van der Waals surface area contributed by atoms with E-state index in [2.05, 4.69) is 34.2 Å². The van der Waals surface area contributed by atoms with Crippen LogP contribution in [0, 0.1) is 5.82 Å². The molecule has 1 atom stereocenters. The molecule has 0 aliphatic carbocycles. The summed E-state index contributed by atoms with van der Waals surface area (Å²) in [6.45, 7) is 0. The second kappa shape index (κ2) is 5.85. The summed E-state index contributed by atoms with van der Waals surface area (Å²) in [5.41, 5.74) is 5.08. The Kier molecular flexibility index (Phi) is 3.35. The van der Waals surface area contributed by atoms with E-state index in [0.29, 0.717) is 0 Å². The molecule has 1 N–H and O–H groups in total. The van der Waals surface area contributed by atoms with E-state index < -0.39 is 0 Å². The Morgan fingerprint density at radius 3 is 2.38 bits per heavy atom. The summed E-state index contributed by atoms with van der Waals surface area (Å²) in [6.07, 6.45) is 2.17. The molecule has 0 saturated carbocycles. The molecule has 0 bridgehead atoms. The van der Waals surface area contributed by atoms with E-state index in [4.69, 9.17) is 4.98 Å². The second-order valence-corrected chi connectivity index (χ2v) is 6.36. The van der Waals surface area contributed by atoms with Gasteiger partial charge in [0.2, 0.25) is 5.95 Å². The Bertz CT molecular complexity index is 1110. The molecule has 1 aliphatic rings. The molecule has 1 aromatic heterocycles. The molecule has 0 amide bonds. The highest BCUT2D eigenvalue weighted by atomic mass is 19.1. The van der Waals surface area contributed by atoms with Gasteiger partial charge in [0.15, 0.2) is 0 Å². The van der Waals surface area contributed by atoms with Crippen LogP contribution in [0.3, 0.4) is 0 Å². The number of imidazole rings is 1. The van der Waals surface area contributed by atoms with E-state index in [1.807, 2.05) is 36.4 Å². The molecule has 5 rings (SSSR count). The highest BCUT2D eigenvalue weighted by Gasteiger charge is 2.25. The minimum absolute atomic E-state index is 0.0138. The number of aromatic nitrogens is 2. The van der Waals surface area contributed by atoms with Crippen molar-refractivity contribution in [2.24, 2.45) is 0 Å². The van der Waals surface area contributed by atoms with Crippen molar-refractivity contribution in [3.63, 3.8) is 0 Å². The van der Waals surface area contributed by atoms with Crippen molar-refractivity contribution < 1.29 is 4.39 Å². The maximum atomic E-state index is 13.3. The average Bonchev–Trinajstić information content (AvgIpc) is 3.07. The lowest BCUT2D eigenvalue weighted by Gasteiger charge is -2.26. The Labute approximate surface area is 150 Å². The standard InChI is InChI=1S/C22H16FN3/c23-17-12-10-15(11-13-17)19-14-21(16-6-2-1-3-7-16)26-20-9-5-4-8-18(20)24-22(26)25-19/h1-14,21H,(H,24,25)/t21-/m0/s1. The number of halogens is 1. The Morgan fingerprint density at radius 2 is 1.58 bits per heavy atom. The van der Waals surface area contributed by atoms with Gasteiger partial charge in [-0.05, 0) is 53.6 Å². The first-order valence-electron chi connectivity index (χ1n) is 8.56. The highest BCUT2D eigenvalue weighted by Crippen LogP contribution is 2.36. The smallest absolute Gasteiger partial charge is 0.209 e. The molecule has 0 saturated heterocycles. The average molecular weight is 341 g/mol. The third kappa shape index (κ3) is 2.39. The molecule has 3 nitrogen and oxygen atoms in total. The molecule has 3 aromatic carbocycles. The number of anilines is 1. The van der Waals surface area contributed by atoms with Crippen molar-refractivity contribution in [3.05, 3.63) is 102 Å². The summed E-state index contributed by atoms with van der Waals surface area (Å²) in [5.74, 6) is 0.555.